The Morgan fingerprint density at radius 3 is 2.56 bits per heavy atom. The van der Waals surface area contributed by atoms with Gasteiger partial charge in [-0.2, -0.15) is 11.8 Å². The number of hydrogen-bond acceptors (Lipinski definition) is 2. The molecule has 1 heterocycles. The molecule has 0 spiro atoms. The van der Waals surface area contributed by atoms with Gasteiger partial charge in [-0.15, -0.1) is 0 Å². The number of carbonyl (C=O) groups is 1. The first kappa shape index (κ1) is 7.13. The number of ketones is 1. The fourth-order valence-corrected chi connectivity index (χ4v) is 2.46. The van der Waals surface area contributed by atoms with Crippen molar-refractivity contribution in [1.29, 1.82) is 0 Å². The van der Waals surface area contributed by atoms with Gasteiger partial charge in [0.15, 0.2) is 0 Å². The third-order valence-electron chi connectivity index (χ3n) is 1.65. The van der Waals surface area contributed by atoms with Gasteiger partial charge >= 0.3 is 0 Å². The Morgan fingerprint density at radius 1 is 1.67 bits per heavy atom. The van der Waals surface area contributed by atoms with Crippen molar-refractivity contribution in [3.8, 4) is 0 Å². The normalized spacial score (nSPS) is 34.9. The van der Waals surface area contributed by atoms with Crippen LogP contribution < -0.4 is 0 Å². The van der Waals surface area contributed by atoms with Crippen molar-refractivity contribution >= 4 is 17.5 Å². The molecule has 0 aromatic heterocycles. The highest BCUT2D eigenvalue weighted by Gasteiger charge is 2.24. The van der Waals surface area contributed by atoms with Crippen LogP contribution >= 0.6 is 11.8 Å². The summed E-state index contributed by atoms with van der Waals surface area (Å²) in [7, 11) is 0. The lowest BCUT2D eigenvalue weighted by atomic mass is 10.1. The number of Topliss-reactive ketones (excluding diaryl/α,β-unsaturated/α-hetero) is 1. The summed E-state index contributed by atoms with van der Waals surface area (Å²) in [6, 6.07) is 0. The number of hydrogen-bond donors (Lipinski definition) is 0. The van der Waals surface area contributed by atoms with E-state index < -0.39 is 0 Å². The van der Waals surface area contributed by atoms with Crippen LogP contribution in [0.3, 0.4) is 0 Å². The Kier molecular flexibility index (Phi) is 2.17. The maximum atomic E-state index is 10.8. The molecule has 0 aromatic rings. The predicted molar refractivity (Wildman–Crippen MR) is 40.7 cm³/mol. The van der Waals surface area contributed by atoms with E-state index in [-0.39, 0.29) is 0 Å². The van der Waals surface area contributed by atoms with Gasteiger partial charge in [-0.3, -0.25) is 4.79 Å². The molecule has 1 fully saturated rings. The molecular formula is C7H12OS. The molecule has 0 aromatic carbocycles. The Balaban J connectivity index is 2.39. The minimum Gasteiger partial charge on any atom is -0.299 e. The summed E-state index contributed by atoms with van der Waals surface area (Å²) in [5.74, 6) is 2.28. The van der Waals surface area contributed by atoms with Crippen molar-refractivity contribution in [2.24, 2.45) is 5.92 Å². The van der Waals surface area contributed by atoms with Crippen LogP contribution in [-0.4, -0.2) is 16.8 Å². The van der Waals surface area contributed by atoms with Crippen LogP contribution in [0.15, 0.2) is 0 Å². The predicted octanol–water partition coefficient (Wildman–Crippen LogP) is 1.72. The van der Waals surface area contributed by atoms with Crippen LogP contribution in [0.25, 0.3) is 0 Å². The zero-order chi connectivity index (χ0) is 6.85. The van der Waals surface area contributed by atoms with E-state index in [4.69, 9.17) is 0 Å². The number of thioether (sulfide) groups is 1. The van der Waals surface area contributed by atoms with E-state index in [1.807, 2.05) is 11.8 Å². The molecule has 9 heavy (non-hydrogen) atoms. The van der Waals surface area contributed by atoms with Gasteiger partial charge in [-0.1, -0.05) is 6.92 Å². The zero-order valence-corrected chi connectivity index (χ0v) is 6.70. The van der Waals surface area contributed by atoms with Crippen molar-refractivity contribution in [1.82, 2.24) is 0 Å². The van der Waals surface area contributed by atoms with Crippen molar-refractivity contribution in [2.45, 2.75) is 25.5 Å². The molecule has 0 saturated carbocycles. The highest BCUT2D eigenvalue weighted by Crippen LogP contribution is 2.31. The molecule has 0 aliphatic carbocycles. The molecule has 52 valence electrons. The van der Waals surface area contributed by atoms with E-state index >= 15 is 0 Å². The number of carbonyl (C=O) groups excluding carboxylic acids is 1. The quantitative estimate of drug-likeness (QED) is 0.557. The summed E-state index contributed by atoms with van der Waals surface area (Å²) in [6.07, 6.45) is 1.10. The van der Waals surface area contributed by atoms with E-state index in [0.717, 1.165) is 12.3 Å². The van der Waals surface area contributed by atoms with Crippen LogP contribution in [0.4, 0.5) is 0 Å². The van der Waals surface area contributed by atoms with Gasteiger partial charge in [0, 0.05) is 0 Å². The second-order valence-corrected chi connectivity index (χ2v) is 4.01. The minimum absolute atomic E-state index is 0.319. The van der Waals surface area contributed by atoms with Crippen LogP contribution in [0.1, 0.15) is 20.3 Å². The molecule has 1 aliphatic rings. The topological polar surface area (TPSA) is 17.1 Å². The van der Waals surface area contributed by atoms with Gasteiger partial charge in [0.25, 0.3) is 0 Å². The summed E-state index contributed by atoms with van der Waals surface area (Å²) < 4.78 is 0. The summed E-state index contributed by atoms with van der Waals surface area (Å²) in [5, 5.41) is 0.319. The van der Waals surface area contributed by atoms with Gasteiger partial charge in [-0.25, -0.2) is 0 Å². The zero-order valence-electron chi connectivity index (χ0n) is 5.89. The average Bonchev–Trinajstić information content (AvgIpc) is 2.14. The molecule has 1 saturated heterocycles. The summed E-state index contributed by atoms with van der Waals surface area (Å²) >= 11 is 1.81. The van der Waals surface area contributed by atoms with Crippen LogP contribution in [0, 0.1) is 5.92 Å². The molecule has 2 atom stereocenters. The Hall–Kier alpha value is 0.0200. The lowest BCUT2D eigenvalue weighted by Crippen LogP contribution is -2.09. The highest BCUT2D eigenvalue weighted by molar-refractivity contribution is 8.00. The fraction of sp³-hybridized carbons (Fsp3) is 0.857. The summed E-state index contributed by atoms with van der Waals surface area (Å²) in [6.45, 7) is 3.89. The smallest absolute Gasteiger partial charge is 0.142 e. The van der Waals surface area contributed by atoms with Gasteiger partial charge in [0.2, 0.25) is 0 Å². The third kappa shape index (κ3) is 1.71. The third-order valence-corrected chi connectivity index (χ3v) is 3.34. The van der Waals surface area contributed by atoms with E-state index in [1.54, 1.807) is 6.92 Å². The standard InChI is InChI=1S/C7H12OS/c1-5-3-7(6(2)8)9-4-5/h5,7H,3-4H2,1-2H3. The Bertz CT molecular complexity index is 122. The van der Waals surface area contributed by atoms with Gasteiger partial charge in [0.05, 0.1) is 5.25 Å². The Morgan fingerprint density at radius 2 is 2.33 bits per heavy atom. The molecule has 0 amide bonds. The van der Waals surface area contributed by atoms with Crippen molar-refractivity contribution < 1.29 is 4.79 Å². The SMILES string of the molecule is CC(=O)C1CC(C)CS1. The second-order valence-electron chi connectivity index (χ2n) is 2.77. The van der Waals surface area contributed by atoms with Gasteiger partial charge < -0.3 is 0 Å². The van der Waals surface area contributed by atoms with Crippen LogP contribution in [-0.2, 0) is 4.79 Å². The molecule has 2 heteroatoms. The monoisotopic (exact) mass is 144 g/mol. The van der Waals surface area contributed by atoms with E-state index in [9.17, 15) is 4.79 Å². The lowest BCUT2D eigenvalue weighted by molar-refractivity contribution is -0.116. The molecule has 1 aliphatic heterocycles. The maximum Gasteiger partial charge on any atom is 0.142 e. The van der Waals surface area contributed by atoms with E-state index in [0.29, 0.717) is 11.0 Å². The molecule has 2 unspecified atom stereocenters. The first-order chi connectivity index (χ1) is 4.20. The van der Waals surface area contributed by atoms with E-state index in [2.05, 4.69) is 6.92 Å². The average molecular weight is 144 g/mol. The molecule has 1 rings (SSSR count). The molecule has 0 N–H and O–H groups in total. The largest absolute Gasteiger partial charge is 0.299 e. The molecular weight excluding hydrogens is 132 g/mol. The van der Waals surface area contributed by atoms with Gasteiger partial charge in [-0.05, 0) is 25.0 Å². The molecule has 1 nitrogen and oxygen atoms in total. The molecule has 0 radical (unpaired) electrons. The second kappa shape index (κ2) is 2.74. The van der Waals surface area contributed by atoms with E-state index in [1.165, 1.54) is 5.75 Å². The maximum absolute atomic E-state index is 10.8. The first-order valence-corrected chi connectivity index (χ1v) is 4.37. The summed E-state index contributed by atoms with van der Waals surface area (Å²) in [4.78, 5) is 10.8. The van der Waals surface area contributed by atoms with Crippen molar-refractivity contribution in [2.75, 3.05) is 5.75 Å². The molecule has 0 bridgehead atoms. The highest BCUT2D eigenvalue weighted by atomic mass is 32.2. The first-order valence-electron chi connectivity index (χ1n) is 3.32. The van der Waals surface area contributed by atoms with Crippen molar-refractivity contribution in [3.63, 3.8) is 0 Å². The van der Waals surface area contributed by atoms with Gasteiger partial charge in [0.1, 0.15) is 5.78 Å². The van der Waals surface area contributed by atoms with Crippen molar-refractivity contribution in [3.05, 3.63) is 0 Å². The lowest BCUT2D eigenvalue weighted by Gasteiger charge is -2.00. The summed E-state index contributed by atoms with van der Waals surface area (Å²) in [5.41, 5.74) is 0. The van der Waals surface area contributed by atoms with Crippen LogP contribution in [0.2, 0.25) is 0 Å². The fourth-order valence-electron chi connectivity index (χ4n) is 1.07. The minimum atomic E-state index is 0.319. The number of rotatable bonds is 1. The Labute approximate surface area is 60.2 Å². The van der Waals surface area contributed by atoms with Crippen LogP contribution in [0.5, 0.6) is 0 Å².